The van der Waals surface area contributed by atoms with Crippen LogP contribution in [0.2, 0.25) is 5.02 Å². The molecule has 0 saturated carbocycles. The SMILES string of the molecule is C=CCN(c1ccccc1OC)S(=O)(=O)c1ccc(Cl)c(C(=O)NC2=NCCS2)c1. The lowest BCUT2D eigenvalue weighted by molar-refractivity contribution is 0.0978. The summed E-state index contributed by atoms with van der Waals surface area (Å²) in [6.07, 6.45) is 1.48. The molecular weight excluding hydrogens is 446 g/mol. The summed E-state index contributed by atoms with van der Waals surface area (Å²) in [5.41, 5.74) is 0.407. The number of aliphatic imine (C=N–C) groups is 1. The Balaban J connectivity index is 2.01. The number of halogens is 1. The van der Waals surface area contributed by atoms with Crippen LogP contribution in [0.5, 0.6) is 5.75 Å². The van der Waals surface area contributed by atoms with Gasteiger partial charge in [0.2, 0.25) is 0 Å². The second-order valence-electron chi connectivity index (χ2n) is 6.13. The summed E-state index contributed by atoms with van der Waals surface area (Å²) in [5, 5.41) is 3.30. The van der Waals surface area contributed by atoms with Gasteiger partial charge in [0.15, 0.2) is 5.17 Å². The standard InChI is InChI=1S/C20H20ClN3O4S2/c1-3-11-24(17-6-4-5-7-18(17)28-2)30(26,27)14-8-9-16(21)15(13-14)19(25)23-20-22-10-12-29-20/h3-9,13H,1,10-12H2,2H3,(H,22,23,25). The third-order valence-corrected chi connectivity index (χ3v) is 7.22. The molecule has 1 aliphatic rings. The molecule has 3 rings (SSSR count). The van der Waals surface area contributed by atoms with Crippen molar-refractivity contribution in [1.82, 2.24) is 5.32 Å². The molecular formula is C20H20ClN3O4S2. The zero-order valence-corrected chi connectivity index (χ0v) is 18.6. The molecule has 1 aliphatic heterocycles. The molecule has 7 nitrogen and oxygen atoms in total. The van der Waals surface area contributed by atoms with Crippen molar-refractivity contribution >= 4 is 50.1 Å². The molecule has 30 heavy (non-hydrogen) atoms. The second kappa shape index (κ2) is 9.55. The van der Waals surface area contributed by atoms with Crippen LogP contribution in [0, 0.1) is 0 Å². The summed E-state index contributed by atoms with van der Waals surface area (Å²) < 4.78 is 33.4. The van der Waals surface area contributed by atoms with E-state index in [1.54, 1.807) is 24.3 Å². The molecule has 10 heteroatoms. The number of thioether (sulfide) groups is 1. The molecule has 1 amide bonds. The van der Waals surface area contributed by atoms with E-state index in [1.165, 1.54) is 47.5 Å². The number of methoxy groups -OCH3 is 1. The highest BCUT2D eigenvalue weighted by atomic mass is 35.5. The number of amides is 1. The Morgan fingerprint density at radius 3 is 2.80 bits per heavy atom. The molecule has 158 valence electrons. The van der Waals surface area contributed by atoms with E-state index >= 15 is 0 Å². The smallest absolute Gasteiger partial charge is 0.264 e. The minimum atomic E-state index is -4.04. The first-order valence-electron chi connectivity index (χ1n) is 8.93. The molecule has 0 spiro atoms. The van der Waals surface area contributed by atoms with E-state index in [0.717, 1.165) is 5.75 Å². The van der Waals surface area contributed by atoms with Crippen LogP contribution in [0.1, 0.15) is 10.4 Å². The van der Waals surface area contributed by atoms with Crippen molar-refractivity contribution in [3.63, 3.8) is 0 Å². The molecule has 0 aliphatic carbocycles. The first-order valence-corrected chi connectivity index (χ1v) is 11.7. The lowest BCUT2D eigenvalue weighted by Crippen LogP contribution is -2.32. The minimum Gasteiger partial charge on any atom is -0.495 e. The number of rotatable bonds is 7. The number of nitrogens with one attached hydrogen (secondary N) is 1. The van der Waals surface area contributed by atoms with Crippen LogP contribution < -0.4 is 14.4 Å². The van der Waals surface area contributed by atoms with Crippen molar-refractivity contribution in [2.24, 2.45) is 4.99 Å². The van der Waals surface area contributed by atoms with Gasteiger partial charge < -0.3 is 10.1 Å². The van der Waals surface area contributed by atoms with Crippen LogP contribution in [0.4, 0.5) is 5.69 Å². The largest absolute Gasteiger partial charge is 0.495 e. The number of amidine groups is 1. The first kappa shape index (κ1) is 22.2. The Hall–Kier alpha value is -2.49. The third kappa shape index (κ3) is 4.63. The number of sulfonamides is 1. The zero-order valence-electron chi connectivity index (χ0n) is 16.2. The van der Waals surface area contributed by atoms with Crippen molar-refractivity contribution in [3.8, 4) is 5.75 Å². The van der Waals surface area contributed by atoms with Gasteiger partial charge in [-0.1, -0.05) is 41.6 Å². The molecule has 1 N–H and O–H groups in total. The summed E-state index contributed by atoms with van der Waals surface area (Å²) in [6, 6.07) is 10.8. The molecule has 0 saturated heterocycles. The van der Waals surface area contributed by atoms with Gasteiger partial charge in [0, 0.05) is 5.75 Å². The third-order valence-electron chi connectivity index (χ3n) is 4.23. The molecule has 1 heterocycles. The van der Waals surface area contributed by atoms with Crippen LogP contribution in [0.15, 0.2) is 65.0 Å². The summed E-state index contributed by atoms with van der Waals surface area (Å²) in [5.74, 6) is 0.664. The fraction of sp³-hybridized carbons (Fsp3) is 0.200. The highest BCUT2D eigenvalue weighted by molar-refractivity contribution is 8.14. The first-order chi connectivity index (χ1) is 14.4. The number of carbonyl (C=O) groups is 1. The second-order valence-corrected chi connectivity index (χ2v) is 9.48. The number of anilines is 1. The van der Waals surface area contributed by atoms with Gasteiger partial charge in [-0.15, -0.1) is 6.58 Å². The topological polar surface area (TPSA) is 88.1 Å². The van der Waals surface area contributed by atoms with Gasteiger partial charge in [0.1, 0.15) is 5.75 Å². The fourth-order valence-corrected chi connectivity index (χ4v) is 5.22. The molecule has 0 bridgehead atoms. The summed E-state index contributed by atoms with van der Waals surface area (Å²) in [7, 11) is -2.58. The fourth-order valence-electron chi connectivity index (χ4n) is 2.82. The van der Waals surface area contributed by atoms with Crippen molar-refractivity contribution in [2.75, 3.05) is 30.3 Å². The van der Waals surface area contributed by atoms with Crippen molar-refractivity contribution < 1.29 is 17.9 Å². The number of para-hydroxylation sites is 2. The Kier molecular flexibility index (Phi) is 7.06. The predicted molar refractivity (Wildman–Crippen MR) is 121 cm³/mol. The maximum Gasteiger partial charge on any atom is 0.264 e. The lowest BCUT2D eigenvalue weighted by Gasteiger charge is -2.25. The van der Waals surface area contributed by atoms with Gasteiger partial charge in [-0.3, -0.25) is 14.1 Å². The molecule has 0 aromatic heterocycles. The van der Waals surface area contributed by atoms with E-state index < -0.39 is 15.9 Å². The maximum absolute atomic E-state index is 13.4. The normalized spacial score (nSPS) is 13.5. The summed E-state index contributed by atoms with van der Waals surface area (Å²) in [6.45, 7) is 4.30. The van der Waals surface area contributed by atoms with E-state index in [2.05, 4.69) is 16.9 Å². The number of hydrogen-bond donors (Lipinski definition) is 1. The van der Waals surface area contributed by atoms with Crippen molar-refractivity contribution in [3.05, 3.63) is 65.7 Å². The van der Waals surface area contributed by atoms with Crippen LogP contribution in [-0.4, -0.2) is 45.4 Å². The molecule has 0 radical (unpaired) electrons. The van der Waals surface area contributed by atoms with E-state index in [9.17, 15) is 13.2 Å². The van der Waals surface area contributed by atoms with E-state index in [4.69, 9.17) is 16.3 Å². The predicted octanol–water partition coefficient (Wildman–Crippen LogP) is 3.56. The van der Waals surface area contributed by atoms with Crippen molar-refractivity contribution in [2.45, 2.75) is 4.90 Å². The number of ether oxygens (including phenoxy) is 1. The summed E-state index contributed by atoms with van der Waals surface area (Å²) >= 11 is 7.60. The Morgan fingerprint density at radius 1 is 1.37 bits per heavy atom. The van der Waals surface area contributed by atoms with E-state index in [-0.39, 0.29) is 22.0 Å². The van der Waals surface area contributed by atoms with Crippen LogP contribution in [-0.2, 0) is 10.0 Å². The average Bonchev–Trinajstić information content (AvgIpc) is 3.25. The number of benzene rings is 2. The van der Waals surface area contributed by atoms with Gasteiger partial charge in [-0.25, -0.2) is 8.42 Å². The van der Waals surface area contributed by atoms with Gasteiger partial charge in [-0.2, -0.15) is 0 Å². The maximum atomic E-state index is 13.4. The molecule has 2 aromatic rings. The monoisotopic (exact) mass is 465 g/mol. The van der Waals surface area contributed by atoms with Crippen LogP contribution >= 0.6 is 23.4 Å². The van der Waals surface area contributed by atoms with E-state index in [1.807, 2.05) is 0 Å². The highest BCUT2D eigenvalue weighted by Crippen LogP contribution is 2.33. The zero-order chi connectivity index (χ0) is 21.7. The number of nitrogens with zero attached hydrogens (tertiary/aromatic N) is 2. The number of carbonyl (C=O) groups excluding carboxylic acids is 1. The molecule has 0 fully saturated rings. The highest BCUT2D eigenvalue weighted by Gasteiger charge is 2.28. The van der Waals surface area contributed by atoms with Crippen LogP contribution in [0.3, 0.4) is 0 Å². The minimum absolute atomic E-state index is 0.0142. The number of hydrogen-bond acceptors (Lipinski definition) is 6. The van der Waals surface area contributed by atoms with Gasteiger partial charge in [-0.05, 0) is 30.3 Å². The van der Waals surface area contributed by atoms with E-state index in [0.29, 0.717) is 23.1 Å². The van der Waals surface area contributed by atoms with Gasteiger partial charge >= 0.3 is 0 Å². The van der Waals surface area contributed by atoms with Gasteiger partial charge in [0.25, 0.3) is 15.9 Å². The van der Waals surface area contributed by atoms with Gasteiger partial charge in [0.05, 0.1) is 41.4 Å². The summed E-state index contributed by atoms with van der Waals surface area (Å²) in [4.78, 5) is 16.7. The quantitative estimate of drug-likeness (QED) is 0.631. The lowest BCUT2D eigenvalue weighted by atomic mass is 10.2. The molecule has 2 aromatic carbocycles. The Labute approximate surface area is 184 Å². The Morgan fingerprint density at radius 2 is 2.13 bits per heavy atom. The molecule has 0 atom stereocenters. The molecule has 0 unspecified atom stereocenters. The van der Waals surface area contributed by atoms with Crippen molar-refractivity contribution in [1.29, 1.82) is 0 Å². The van der Waals surface area contributed by atoms with Crippen LogP contribution in [0.25, 0.3) is 0 Å². The Bertz CT molecular complexity index is 1100. The average molecular weight is 466 g/mol.